The topological polar surface area (TPSA) is 57.6 Å². The van der Waals surface area contributed by atoms with Crippen molar-refractivity contribution in [2.75, 3.05) is 13.1 Å². The van der Waals surface area contributed by atoms with E-state index in [0.717, 1.165) is 0 Å². The molecule has 4 nitrogen and oxygen atoms in total. The molecule has 0 saturated heterocycles. The maximum Gasteiger partial charge on any atom is 0.406 e. The zero-order valence-electron chi connectivity index (χ0n) is 11.1. The van der Waals surface area contributed by atoms with Gasteiger partial charge in [0.05, 0.1) is 5.41 Å². The van der Waals surface area contributed by atoms with E-state index in [2.05, 4.69) is 0 Å². The number of hydrogen-bond donors (Lipinski definition) is 1. The number of amides is 1. The van der Waals surface area contributed by atoms with Crippen LogP contribution in [0, 0.1) is 0 Å². The van der Waals surface area contributed by atoms with E-state index in [1.54, 1.807) is 30.3 Å². The van der Waals surface area contributed by atoms with Gasteiger partial charge in [0.1, 0.15) is 13.1 Å². The molecule has 21 heavy (non-hydrogen) atoms. The lowest BCUT2D eigenvalue weighted by Gasteiger charge is -2.27. The van der Waals surface area contributed by atoms with Crippen molar-refractivity contribution in [3.8, 4) is 0 Å². The molecule has 0 aromatic heterocycles. The lowest BCUT2D eigenvalue weighted by molar-refractivity contribution is -0.167. The quantitative estimate of drug-likeness (QED) is 0.907. The largest absolute Gasteiger partial charge is 0.480 e. The number of benzene rings is 1. The first kappa shape index (κ1) is 15.3. The molecule has 7 heteroatoms. The minimum absolute atomic E-state index is 0.377. The molecule has 114 valence electrons. The number of carboxylic acid groups (broad SMARTS) is 1. The average Bonchev–Trinajstić information content (AvgIpc) is 3.17. The number of hydrogen-bond acceptors (Lipinski definition) is 2. The first-order valence-corrected chi connectivity index (χ1v) is 6.38. The summed E-state index contributed by atoms with van der Waals surface area (Å²) < 4.78 is 37.6. The summed E-state index contributed by atoms with van der Waals surface area (Å²) in [5, 5.41) is 8.73. The van der Waals surface area contributed by atoms with Gasteiger partial charge in [0.2, 0.25) is 5.91 Å². The molecule has 1 N–H and O–H groups in total. The smallest absolute Gasteiger partial charge is 0.406 e. The van der Waals surface area contributed by atoms with Gasteiger partial charge in [0.15, 0.2) is 0 Å². The molecule has 1 aromatic carbocycles. The average molecular weight is 301 g/mol. The Morgan fingerprint density at radius 3 is 2.19 bits per heavy atom. The minimum Gasteiger partial charge on any atom is -0.480 e. The molecular formula is C14H14F3NO3. The Morgan fingerprint density at radius 1 is 1.19 bits per heavy atom. The lowest BCUT2D eigenvalue weighted by atomic mass is 9.94. The van der Waals surface area contributed by atoms with Crippen molar-refractivity contribution in [2.24, 2.45) is 0 Å². The van der Waals surface area contributed by atoms with E-state index in [9.17, 15) is 22.8 Å². The SMILES string of the molecule is O=C(O)CN(CC(F)(F)F)C(=O)C1(c2ccccc2)CC1. The minimum atomic E-state index is -4.63. The number of rotatable bonds is 5. The second kappa shape index (κ2) is 5.38. The molecule has 1 aliphatic carbocycles. The Balaban J connectivity index is 2.24. The monoisotopic (exact) mass is 301 g/mol. The van der Waals surface area contributed by atoms with Gasteiger partial charge in [-0.25, -0.2) is 0 Å². The molecule has 0 aliphatic heterocycles. The maximum absolute atomic E-state index is 12.5. The summed E-state index contributed by atoms with van der Waals surface area (Å²) in [6, 6.07) is 8.51. The van der Waals surface area contributed by atoms with E-state index in [4.69, 9.17) is 5.11 Å². The predicted octanol–water partition coefficient (Wildman–Crippen LogP) is 2.19. The van der Waals surface area contributed by atoms with E-state index in [1.165, 1.54) is 0 Å². The molecule has 2 rings (SSSR count). The van der Waals surface area contributed by atoms with E-state index in [0.29, 0.717) is 23.3 Å². The summed E-state index contributed by atoms with van der Waals surface area (Å²) in [5.74, 6) is -2.23. The highest BCUT2D eigenvalue weighted by Gasteiger charge is 2.54. The molecule has 1 aromatic rings. The summed E-state index contributed by atoms with van der Waals surface area (Å²) in [4.78, 5) is 23.5. The molecular weight excluding hydrogens is 287 g/mol. The van der Waals surface area contributed by atoms with Crippen LogP contribution in [0.4, 0.5) is 13.2 Å². The molecule has 0 spiro atoms. The van der Waals surface area contributed by atoms with Crippen LogP contribution in [-0.4, -0.2) is 41.1 Å². The molecule has 1 saturated carbocycles. The molecule has 0 unspecified atom stereocenters. The van der Waals surface area contributed by atoms with Gasteiger partial charge in [0.25, 0.3) is 0 Å². The molecule has 1 aliphatic rings. The highest BCUT2D eigenvalue weighted by molar-refractivity contribution is 5.93. The van der Waals surface area contributed by atoms with Crippen LogP contribution in [-0.2, 0) is 15.0 Å². The number of carbonyl (C=O) groups excluding carboxylic acids is 1. The summed E-state index contributed by atoms with van der Waals surface area (Å²) in [5.41, 5.74) is -0.366. The van der Waals surface area contributed by atoms with Crippen molar-refractivity contribution in [1.29, 1.82) is 0 Å². The third-order valence-electron chi connectivity index (χ3n) is 3.47. The Kier molecular flexibility index (Phi) is 3.93. The number of halogens is 3. The van der Waals surface area contributed by atoms with Gasteiger partial charge in [0, 0.05) is 0 Å². The highest BCUT2D eigenvalue weighted by Crippen LogP contribution is 2.49. The van der Waals surface area contributed by atoms with E-state index >= 15 is 0 Å². The molecule has 0 bridgehead atoms. The fourth-order valence-electron chi connectivity index (χ4n) is 2.39. The van der Waals surface area contributed by atoms with E-state index in [1.807, 2.05) is 0 Å². The second-order valence-electron chi connectivity index (χ2n) is 5.12. The van der Waals surface area contributed by atoms with Crippen molar-refractivity contribution in [3.05, 3.63) is 35.9 Å². The highest BCUT2D eigenvalue weighted by atomic mass is 19.4. The molecule has 0 radical (unpaired) electrons. The van der Waals surface area contributed by atoms with Crippen LogP contribution in [0.25, 0.3) is 0 Å². The number of alkyl halides is 3. The van der Waals surface area contributed by atoms with Gasteiger partial charge in [-0.15, -0.1) is 0 Å². The van der Waals surface area contributed by atoms with Crippen LogP contribution in [0.5, 0.6) is 0 Å². The fraction of sp³-hybridized carbons (Fsp3) is 0.429. The number of carboxylic acids is 1. The number of carbonyl (C=O) groups is 2. The normalized spacial score (nSPS) is 16.3. The van der Waals surface area contributed by atoms with E-state index < -0.39 is 36.6 Å². The van der Waals surface area contributed by atoms with Crippen LogP contribution in [0.1, 0.15) is 18.4 Å². The van der Waals surface area contributed by atoms with Gasteiger partial charge >= 0.3 is 12.1 Å². The van der Waals surface area contributed by atoms with Crippen molar-refractivity contribution < 1.29 is 27.9 Å². The number of nitrogens with zero attached hydrogens (tertiary/aromatic N) is 1. The Morgan fingerprint density at radius 2 is 1.76 bits per heavy atom. The third kappa shape index (κ3) is 3.53. The fourth-order valence-corrected chi connectivity index (χ4v) is 2.39. The lowest BCUT2D eigenvalue weighted by Crippen LogP contribution is -2.46. The Labute approximate surface area is 119 Å². The number of aliphatic carboxylic acids is 1. The van der Waals surface area contributed by atoms with Gasteiger partial charge in [-0.05, 0) is 18.4 Å². The van der Waals surface area contributed by atoms with Gasteiger partial charge < -0.3 is 10.0 Å². The van der Waals surface area contributed by atoms with E-state index in [-0.39, 0.29) is 0 Å². The second-order valence-corrected chi connectivity index (χ2v) is 5.12. The third-order valence-corrected chi connectivity index (χ3v) is 3.47. The zero-order chi connectivity index (χ0) is 15.7. The van der Waals surface area contributed by atoms with Crippen LogP contribution in [0.2, 0.25) is 0 Å². The summed E-state index contributed by atoms with van der Waals surface area (Å²) in [7, 11) is 0. The molecule has 1 amide bonds. The summed E-state index contributed by atoms with van der Waals surface area (Å²) >= 11 is 0. The molecule has 0 heterocycles. The van der Waals surface area contributed by atoms with Crippen molar-refractivity contribution in [3.63, 3.8) is 0 Å². The summed E-state index contributed by atoms with van der Waals surface area (Å²) in [6.07, 6.45) is -3.76. The van der Waals surface area contributed by atoms with Crippen LogP contribution in [0.15, 0.2) is 30.3 Å². The van der Waals surface area contributed by atoms with Crippen molar-refractivity contribution in [1.82, 2.24) is 4.90 Å². The predicted molar refractivity (Wildman–Crippen MR) is 67.6 cm³/mol. The van der Waals surface area contributed by atoms with Gasteiger partial charge in [-0.3, -0.25) is 9.59 Å². The van der Waals surface area contributed by atoms with Crippen molar-refractivity contribution in [2.45, 2.75) is 24.4 Å². The molecule has 0 atom stereocenters. The Bertz CT molecular complexity index is 538. The Hall–Kier alpha value is -2.05. The van der Waals surface area contributed by atoms with Crippen LogP contribution < -0.4 is 0 Å². The first-order valence-electron chi connectivity index (χ1n) is 6.38. The van der Waals surface area contributed by atoms with Gasteiger partial charge in [-0.1, -0.05) is 30.3 Å². The standard InChI is InChI=1S/C14H14F3NO3/c15-14(16,17)9-18(8-11(19)20)12(21)13(6-7-13)10-4-2-1-3-5-10/h1-5H,6-9H2,(H,19,20). The first-order chi connectivity index (χ1) is 9.74. The maximum atomic E-state index is 12.5. The van der Waals surface area contributed by atoms with Gasteiger partial charge in [-0.2, -0.15) is 13.2 Å². The summed E-state index contributed by atoms with van der Waals surface area (Å²) in [6.45, 7) is -2.50. The van der Waals surface area contributed by atoms with Crippen LogP contribution in [0.3, 0.4) is 0 Å². The van der Waals surface area contributed by atoms with Crippen LogP contribution >= 0.6 is 0 Å². The molecule has 1 fully saturated rings. The van der Waals surface area contributed by atoms with Crippen molar-refractivity contribution >= 4 is 11.9 Å². The zero-order valence-corrected chi connectivity index (χ0v) is 11.1.